The van der Waals surface area contributed by atoms with Crippen molar-refractivity contribution < 1.29 is 13.2 Å². The first kappa shape index (κ1) is 13.9. The van der Waals surface area contributed by atoms with Crippen molar-refractivity contribution in [2.24, 2.45) is 5.92 Å². The van der Waals surface area contributed by atoms with Gasteiger partial charge in [-0.1, -0.05) is 18.9 Å². The highest BCUT2D eigenvalue weighted by Gasteiger charge is 2.45. The van der Waals surface area contributed by atoms with Gasteiger partial charge in [-0.15, -0.1) is 11.3 Å². The van der Waals surface area contributed by atoms with Crippen molar-refractivity contribution in [3.8, 4) is 0 Å². The van der Waals surface area contributed by atoms with Gasteiger partial charge in [-0.2, -0.15) is 13.2 Å². The molecule has 0 aromatic carbocycles. The Bertz CT molecular complexity index is 361. The van der Waals surface area contributed by atoms with Crippen LogP contribution >= 0.6 is 11.3 Å². The summed E-state index contributed by atoms with van der Waals surface area (Å²) in [6, 6.07) is 3.46. The minimum Gasteiger partial charge on any atom is -0.306 e. The molecule has 0 saturated heterocycles. The van der Waals surface area contributed by atoms with Gasteiger partial charge in [-0.05, 0) is 31.2 Å². The Morgan fingerprint density at radius 3 is 2.67 bits per heavy atom. The van der Waals surface area contributed by atoms with Gasteiger partial charge in [0.25, 0.3) is 0 Å². The highest BCUT2D eigenvalue weighted by Crippen LogP contribution is 2.38. The van der Waals surface area contributed by atoms with Gasteiger partial charge < -0.3 is 5.32 Å². The molecule has 1 aromatic heterocycles. The fourth-order valence-electron chi connectivity index (χ4n) is 2.66. The predicted octanol–water partition coefficient (Wildman–Crippen LogP) is 4.52. The summed E-state index contributed by atoms with van der Waals surface area (Å²) in [6.07, 6.45) is -1.61. The lowest BCUT2D eigenvalue weighted by Crippen LogP contribution is -2.46. The highest BCUT2D eigenvalue weighted by atomic mass is 32.1. The van der Waals surface area contributed by atoms with Gasteiger partial charge in [0.2, 0.25) is 0 Å². The first-order valence-electron chi connectivity index (χ1n) is 6.34. The summed E-state index contributed by atoms with van der Waals surface area (Å²) in [7, 11) is 0. The molecule has 5 heteroatoms. The Morgan fingerprint density at radius 2 is 2.06 bits per heavy atom. The first-order chi connectivity index (χ1) is 8.48. The van der Waals surface area contributed by atoms with E-state index in [0.29, 0.717) is 12.8 Å². The molecule has 1 aromatic rings. The molecule has 0 bridgehead atoms. The molecule has 3 atom stereocenters. The molecule has 1 fully saturated rings. The molecule has 2 rings (SSSR count). The van der Waals surface area contributed by atoms with Gasteiger partial charge in [0.1, 0.15) is 0 Å². The third-order valence-electron chi connectivity index (χ3n) is 3.62. The Labute approximate surface area is 109 Å². The average Bonchev–Trinajstić information content (AvgIpc) is 2.81. The van der Waals surface area contributed by atoms with Crippen LogP contribution in [0.3, 0.4) is 0 Å². The zero-order valence-corrected chi connectivity index (χ0v) is 11.2. The van der Waals surface area contributed by atoms with Crippen molar-refractivity contribution in [3.63, 3.8) is 0 Å². The van der Waals surface area contributed by atoms with Gasteiger partial charge in [0.05, 0.1) is 5.92 Å². The van der Waals surface area contributed by atoms with Gasteiger partial charge in [0.15, 0.2) is 0 Å². The van der Waals surface area contributed by atoms with Crippen LogP contribution in [-0.2, 0) is 0 Å². The molecule has 18 heavy (non-hydrogen) atoms. The third kappa shape index (κ3) is 3.26. The van der Waals surface area contributed by atoms with Crippen LogP contribution in [0, 0.1) is 5.92 Å². The van der Waals surface area contributed by atoms with E-state index in [-0.39, 0.29) is 12.5 Å². The molecule has 0 amide bonds. The first-order valence-corrected chi connectivity index (χ1v) is 7.22. The number of alkyl halides is 3. The van der Waals surface area contributed by atoms with Crippen LogP contribution in [0.4, 0.5) is 13.2 Å². The summed E-state index contributed by atoms with van der Waals surface area (Å²) in [5, 5.41) is 5.12. The summed E-state index contributed by atoms with van der Waals surface area (Å²) in [4.78, 5) is 1.10. The molecule has 0 spiro atoms. The fraction of sp³-hybridized carbons (Fsp3) is 0.692. The molecule has 0 aliphatic heterocycles. The van der Waals surface area contributed by atoms with Gasteiger partial charge in [-0.25, -0.2) is 0 Å². The minimum atomic E-state index is -4.08. The fourth-order valence-corrected chi connectivity index (χ4v) is 3.41. The van der Waals surface area contributed by atoms with E-state index in [2.05, 4.69) is 5.32 Å². The van der Waals surface area contributed by atoms with Crippen LogP contribution in [0.5, 0.6) is 0 Å². The number of halogens is 3. The van der Waals surface area contributed by atoms with E-state index in [0.717, 1.165) is 11.3 Å². The lowest BCUT2D eigenvalue weighted by Gasteiger charge is -2.35. The van der Waals surface area contributed by atoms with Crippen LogP contribution < -0.4 is 5.32 Å². The third-order valence-corrected chi connectivity index (χ3v) is 4.68. The number of hydrogen-bond donors (Lipinski definition) is 1. The number of nitrogens with one attached hydrogen (secondary N) is 1. The maximum absolute atomic E-state index is 12.9. The van der Waals surface area contributed by atoms with E-state index in [4.69, 9.17) is 0 Å². The Kier molecular flexibility index (Phi) is 4.33. The molecule has 102 valence electrons. The standard InChI is InChI=1S/C13H18F3NS/c1-9(12-7-4-8-18-12)17-11-6-3-2-5-10(11)13(14,15)16/h4,7-11,17H,2-3,5-6H2,1H3. The van der Waals surface area contributed by atoms with Gasteiger partial charge >= 0.3 is 6.18 Å². The molecule has 1 aliphatic carbocycles. The van der Waals surface area contributed by atoms with Crippen molar-refractivity contribution in [1.29, 1.82) is 0 Å². The normalized spacial score (nSPS) is 27.1. The second-order valence-electron chi connectivity index (χ2n) is 4.94. The zero-order chi connectivity index (χ0) is 13.2. The largest absolute Gasteiger partial charge is 0.393 e. The molecular formula is C13H18F3NS. The summed E-state index contributed by atoms with van der Waals surface area (Å²) >= 11 is 1.58. The molecule has 1 heterocycles. The van der Waals surface area contributed by atoms with E-state index >= 15 is 0 Å². The van der Waals surface area contributed by atoms with E-state index in [1.54, 1.807) is 11.3 Å². The van der Waals surface area contributed by atoms with Crippen molar-refractivity contribution in [1.82, 2.24) is 5.32 Å². The summed E-state index contributed by atoms with van der Waals surface area (Å²) in [5.74, 6) is -1.19. The van der Waals surface area contributed by atoms with Crippen molar-refractivity contribution in [3.05, 3.63) is 22.4 Å². The van der Waals surface area contributed by atoms with E-state index in [9.17, 15) is 13.2 Å². The van der Waals surface area contributed by atoms with Crippen molar-refractivity contribution >= 4 is 11.3 Å². The maximum atomic E-state index is 12.9. The second-order valence-corrected chi connectivity index (χ2v) is 5.92. The van der Waals surface area contributed by atoms with Gasteiger partial charge in [-0.3, -0.25) is 0 Å². The van der Waals surface area contributed by atoms with Crippen molar-refractivity contribution in [2.75, 3.05) is 0 Å². The minimum absolute atomic E-state index is 0.00190. The zero-order valence-electron chi connectivity index (χ0n) is 10.3. The van der Waals surface area contributed by atoms with Crippen LogP contribution in [-0.4, -0.2) is 12.2 Å². The van der Waals surface area contributed by atoms with E-state index in [1.165, 1.54) is 0 Å². The average molecular weight is 277 g/mol. The van der Waals surface area contributed by atoms with Crippen LogP contribution in [0.2, 0.25) is 0 Å². The molecule has 1 N–H and O–H groups in total. The molecule has 1 saturated carbocycles. The van der Waals surface area contributed by atoms with Crippen LogP contribution in [0.25, 0.3) is 0 Å². The molecule has 1 aliphatic rings. The Balaban J connectivity index is 2.01. The predicted molar refractivity (Wildman–Crippen MR) is 67.7 cm³/mol. The number of thiophene rings is 1. The Morgan fingerprint density at radius 1 is 1.33 bits per heavy atom. The lowest BCUT2D eigenvalue weighted by molar-refractivity contribution is -0.189. The quantitative estimate of drug-likeness (QED) is 0.856. The summed E-state index contributed by atoms with van der Waals surface area (Å²) in [5.41, 5.74) is 0. The topological polar surface area (TPSA) is 12.0 Å². The van der Waals surface area contributed by atoms with Crippen LogP contribution in [0.1, 0.15) is 43.5 Å². The molecular weight excluding hydrogens is 259 g/mol. The second kappa shape index (κ2) is 5.61. The van der Waals surface area contributed by atoms with E-state index < -0.39 is 18.1 Å². The van der Waals surface area contributed by atoms with Crippen molar-refractivity contribution in [2.45, 2.75) is 50.9 Å². The number of hydrogen-bond acceptors (Lipinski definition) is 2. The SMILES string of the molecule is CC(NC1CCCCC1C(F)(F)F)c1cccs1. The smallest absolute Gasteiger partial charge is 0.306 e. The van der Waals surface area contributed by atoms with Gasteiger partial charge in [0, 0.05) is 17.0 Å². The molecule has 1 nitrogen and oxygen atoms in total. The monoisotopic (exact) mass is 277 g/mol. The lowest BCUT2D eigenvalue weighted by atomic mass is 9.83. The van der Waals surface area contributed by atoms with Crippen LogP contribution in [0.15, 0.2) is 17.5 Å². The summed E-state index contributed by atoms with van der Waals surface area (Å²) in [6.45, 7) is 1.94. The van der Waals surface area contributed by atoms with E-state index in [1.807, 2.05) is 24.4 Å². The highest BCUT2D eigenvalue weighted by molar-refractivity contribution is 7.10. The molecule has 0 radical (unpaired) electrons. The molecule has 3 unspecified atom stereocenters. The summed E-state index contributed by atoms with van der Waals surface area (Å²) < 4.78 is 38.8. The Hall–Kier alpha value is -0.550. The number of rotatable bonds is 3. The maximum Gasteiger partial charge on any atom is 0.393 e.